The number of nitrogens with zero attached hydrogens (tertiary/aromatic N) is 1. The average Bonchev–Trinajstić information content (AvgIpc) is 2.71. The lowest BCUT2D eigenvalue weighted by Gasteiger charge is -2.36. The third-order valence-corrected chi connectivity index (χ3v) is 4.10. The van der Waals surface area contributed by atoms with Crippen LogP contribution in [0.3, 0.4) is 0 Å². The summed E-state index contributed by atoms with van der Waals surface area (Å²) >= 11 is 5.50. The molecule has 1 atom stereocenters. The van der Waals surface area contributed by atoms with E-state index in [4.69, 9.17) is 12.2 Å². The van der Waals surface area contributed by atoms with Crippen LogP contribution in [0, 0.1) is 0 Å². The number of rotatable bonds is 1. The monoisotopic (exact) mass is 226 g/mol. The highest BCUT2D eigenvalue weighted by Crippen LogP contribution is 2.20. The van der Waals surface area contributed by atoms with Crippen molar-refractivity contribution in [3.8, 4) is 0 Å². The summed E-state index contributed by atoms with van der Waals surface area (Å²) in [5.74, 6) is 0. The van der Waals surface area contributed by atoms with Gasteiger partial charge in [-0.3, -0.25) is 0 Å². The van der Waals surface area contributed by atoms with E-state index in [1.54, 1.807) is 0 Å². The second kappa shape index (κ2) is 5.15. The predicted octanol–water partition coefficient (Wildman–Crippen LogP) is 2.68. The summed E-state index contributed by atoms with van der Waals surface area (Å²) in [7, 11) is 0. The third-order valence-electron chi connectivity index (χ3n) is 3.75. The quantitative estimate of drug-likeness (QED) is 0.692. The topological polar surface area (TPSA) is 15.3 Å². The van der Waals surface area contributed by atoms with Crippen molar-refractivity contribution in [1.29, 1.82) is 0 Å². The Balaban J connectivity index is 1.83. The summed E-state index contributed by atoms with van der Waals surface area (Å²) in [5.41, 5.74) is 0. The van der Waals surface area contributed by atoms with Crippen molar-refractivity contribution >= 4 is 17.3 Å². The fourth-order valence-electron chi connectivity index (χ4n) is 2.73. The molecule has 0 bridgehead atoms. The second-order valence-electron chi connectivity index (χ2n) is 4.97. The van der Waals surface area contributed by atoms with Crippen LogP contribution in [0.5, 0.6) is 0 Å². The molecule has 2 nitrogen and oxygen atoms in total. The third kappa shape index (κ3) is 2.83. The van der Waals surface area contributed by atoms with Crippen molar-refractivity contribution in [2.24, 2.45) is 0 Å². The van der Waals surface area contributed by atoms with Crippen LogP contribution in [-0.4, -0.2) is 28.6 Å². The lowest BCUT2D eigenvalue weighted by Crippen LogP contribution is -2.49. The number of thiocarbonyl (C=S) groups is 1. The first-order valence-corrected chi connectivity index (χ1v) is 6.75. The lowest BCUT2D eigenvalue weighted by molar-refractivity contribution is 0.253. The Labute approximate surface area is 98.4 Å². The van der Waals surface area contributed by atoms with Crippen LogP contribution < -0.4 is 5.32 Å². The SMILES string of the molecule is CC1CCCCN1C(=S)NC1CCCC1. The zero-order chi connectivity index (χ0) is 10.7. The Bertz CT molecular complexity index is 224. The van der Waals surface area contributed by atoms with Gasteiger partial charge in [0.25, 0.3) is 0 Å². The van der Waals surface area contributed by atoms with Gasteiger partial charge in [0.15, 0.2) is 5.11 Å². The van der Waals surface area contributed by atoms with Crippen LogP contribution in [0.1, 0.15) is 51.9 Å². The number of nitrogens with one attached hydrogen (secondary N) is 1. The maximum absolute atomic E-state index is 5.50. The van der Waals surface area contributed by atoms with Gasteiger partial charge in [0.05, 0.1) is 0 Å². The molecule has 15 heavy (non-hydrogen) atoms. The highest BCUT2D eigenvalue weighted by Gasteiger charge is 2.23. The molecule has 1 N–H and O–H groups in total. The highest BCUT2D eigenvalue weighted by molar-refractivity contribution is 7.80. The first-order chi connectivity index (χ1) is 7.27. The Morgan fingerprint density at radius 2 is 1.80 bits per heavy atom. The summed E-state index contributed by atoms with van der Waals surface area (Å²) in [6.45, 7) is 3.45. The van der Waals surface area contributed by atoms with Gasteiger partial charge in [0, 0.05) is 18.6 Å². The maximum atomic E-state index is 5.50. The van der Waals surface area contributed by atoms with Crippen molar-refractivity contribution in [3.63, 3.8) is 0 Å². The van der Waals surface area contributed by atoms with Crippen molar-refractivity contribution in [1.82, 2.24) is 10.2 Å². The number of hydrogen-bond acceptors (Lipinski definition) is 1. The van der Waals surface area contributed by atoms with E-state index in [9.17, 15) is 0 Å². The van der Waals surface area contributed by atoms with E-state index >= 15 is 0 Å². The van der Waals surface area contributed by atoms with Gasteiger partial charge in [0.2, 0.25) is 0 Å². The molecule has 1 unspecified atom stereocenters. The van der Waals surface area contributed by atoms with Crippen LogP contribution in [0.4, 0.5) is 0 Å². The maximum Gasteiger partial charge on any atom is 0.169 e. The van der Waals surface area contributed by atoms with E-state index < -0.39 is 0 Å². The number of likely N-dealkylation sites (tertiary alicyclic amines) is 1. The summed E-state index contributed by atoms with van der Waals surface area (Å²) in [4.78, 5) is 2.39. The molecule has 0 radical (unpaired) electrons. The van der Waals surface area contributed by atoms with Gasteiger partial charge in [0.1, 0.15) is 0 Å². The van der Waals surface area contributed by atoms with Crippen molar-refractivity contribution in [2.75, 3.05) is 6.54 Å². The van der Waals surface area contributed by atoms with Crippen LogP contribution in [-0.2, 0) is 0 Å². The van der Waals surface area contributed by atoms with Crippen molar-refractivity contribution in [3.05, 3.63) is 0 Å². The minimum atomic E-state index is 0.639. The molecule has 86 valence electrons. The Kier molecular flexibility index (Phi) is 3.84. The molecule has 2 fully saturated rings. The van der Waals surface area contributed by atoms with Gasteiger partial charge in [-0.25, -0.2) is 0 Å². The minimum absolute atomic E-state index is 0.639. The van der Waals surface area contributed by atoms with Crippen molar-refractivity contribution < 1.29 is 0 Å². The second-order valence-corrected chi connectivity index (χ2v) is 5.36. The van der Waals surface area contributed by atoms with Gasteiger partial charge in [-0.15, -0.1) is 0 Å². The molecule has 1 saturated heterocycles. The fraction of sp³-hybridized carbons (Fsp3) is 0.917. The van der Waals surface area contributed by atoms with Gasteiger partial charge in [-0.05, 0) is 51.2 Å². The van der Waals surface area contributed by atoms with E-state index in [-0.39, 0.29) is 0 Å². The zero-order valence-electron chi connectivity index (χ0n) is 9.67. The molecule has 0 amide bonds. The average molecular weight is 226 g/mol. The van der Waals surface area contributed by atoms with Gasteiger partial charge in [-0.1, -0.05) is 12.8 Å². The Hall–Kier alpha value is -0.310. The molecular weight excluding hydrogens is 204 g/mol. The molecule has 1 saturated carbocycles. The molecule has 1 aliphatic carbocycles. The number of hydrogen-bond donors (Lipinski definition) is 1. The van der Waals surface area contributed by atoms with Crippen LogP contribution in [0.2, 0.25) is 0 Å². The van der Waals surface area contributed by atoms with E-state index in [1.807, 2.05) is 0 Å². The van der Waals surface area contributed by atoms with Crippen molar-refractivity contribution in [2.45, 2.75) is 64.0 Å². The van der Waals surface area contributed by atoms with E-state index in [2.05, 4.69) is 17.1 Å². The molecule has 1 aliphatic heterocycles. The minimum Gasteiger partial charge on any atom is -0.360 e. The molecule has 3 heteroatoms. The first kappa shape index (κ1) is 11.2. The first-order valence-electron chi connectivity index (χ1n) is 6.34. The Morgan fingerprint density at radius 1 is 1.13 bits per heavy atom. The molecular formula is C12H22N2S. The summed E-state index contributed by atoms with van der Waals surface area (Å²) in [5, 5.41) is 4.54. The number of piperidine rings is 1. The molecule has 0 spiro atoms. The smallest absolute Gasteiger partial charge is 0.169 e. The molecule has 1 heterocycles. The molecule has 2 rings (SSSR count). The molecule has 0 aromatic carbocycles. The Morgan fingerprint density at radius 3 is 2.47 bits per heavy atom. The zero-order valence-corrected chi connectivity index (χ0v) is 10.5. The standard InChI is InChI=1S/C12H22N2S/c1-10-6-4-5-9-14(10)12(15)13-11-7-2-3-8-11/h10-11H,2-9H2,1H3,(H,13,15). The highest BCUT2D eigenvalue weighted by atomic mass is 32.1. The molecule has 0 aromatic rings. The largest absolute Gasteiger partial charge is 0.360 e. The van der Waals surface area contributed by atoms with E-state index in [1.165, 1.54) is 44.9 Å². The van der Waals surface area contributed by atoms with Crippen LogP contribution in [0.15, 0.2) is 0 Å². The van der Waals surface area contributed by atoms with E-state index in [0.29, 0.717) is 12.1 Å². The molecule has 2 aliphatic rings. The van der Waals surface area contributed by atoms with Crippen LogP contribution in [0.25, 0.3) is 0 Å². The van der Waals surface area contributed by atoms with Gasteiger partial charge in [-0.2, -0.15) is 0 Å². The summed E-state index contributed by atoms with van der Waals surface area (Å²) in [6, 6.07) is 1.30. The van der Waals surface area contributed by atoms with Crippen LogP contribution >= 0.6 is 12.2 Å². The molecule has 0 aromatic heterocycles. The van der Waals surface area contributed by atoms with Gasteiger partial charge >= 0.3 is 0 Å². The lowest BCUT2D eigenvalue weighted by atomic mass is 10.0. The summed E-state index contributed by atoms with van der Waals surface area (Å²) < 4.78 is 0. The fourth-order valence-corrected chi connectivity index (χ4v) is 3.17. The van der Waals surface area contributed by atoms with Gasteiger partial charge < -0.3 is 10.2 Å². The normalized spacial score (nSPS) is 28.1. The predicted molar refractivity (Wildman–Crippen MR) is 68.0 cm³/mol. The summed E-state index contributed by atoms with van der Waals surface area (Å²) in [6.07, 6.45) is 9.32. The van der Waals surface area contributed by atoms with E-state index in [0.717, 1.165) is 11.7 Å².